The van der Waals surface area contributed by atoms with Gasteiger partial charge in [0.25, 0.3) is 0 Å². The third kappa shape index (κ3) is 13.6. The Balaban J connectivity index is 3.02. The van der Waals surface area contributed by atoms with Crippen LogP contribution in [0.4, 0.5) is 0 Å². The molecule has 3 nitrogen and oxygen atoms in total. The fourth-order valence-electron chi connectivity index (χ4n) is 1.60. The van der Waals surface area contributed by atoms with Gasteiger partial charge in [0.2, 0.25) is 0 Å². The zero-order valence-electron chi connectivity index (χ0n) is 9.88. The van der Waals surface area contributed by atoms with E-state index < -0.39 is 5.79 Å². The highest BCUT2D eigenvalue weighted by atomic mass is 15.1. The van der Waals surface area contributed by atoms with E-state index in [1.165, 1.54) is 38.5 Å². The van der Waals surface area contributed by atoms with Gasteiger partial charge in [-0.15, -0.1) is 6.58 Å². The summed E-state index contributed by atoms with van der Waals surface area (Å²) in [5.41, 5.74) is 16.4. The van der Waals surface area contributed by atoms with Gasteiger partial charge >= 0.3 is 0 Å². The monoisotopic (exact) mass is 213 g/mol. The van der Waals surface area contributed by atoms with Crippen LogP contribution in [0.25, 0.3) is 0 Å². The lowest BCUT2D eigenvalue weighted by atomic mass is 10.1. The van der Waals surface area contributed by atoms with Crippen molar-refractivity contribution < 1.29 is 0 Å². The van der Waals surface area contributed by atoms with Crippen molar-refractivity contribution in [2.75, 3.05) is 0 Å². The summed E-state index contributed by atoms with van der Waals surface area (Å²) in [6.07, 6.45) is 12.6. The van der Waals surface area contributed by atoms with Crippen molar-refractivity contribution in [2.45, 2.75) is 63.6 Å². The second-order valence-corrected chi connectivity index (χ2v) is 4.41. The van der Waals surface area contributed by atoms with Gasteiger partial charge in [-0.25, -0.2) is 0 Å². The zero-order chi connectivity index (χ0) is 11.6. The Bertz CT molecular complexity index is 149. The van der Waals surface area contributed by atoms with Crippen LogP contribution in [-0.4, -0.2) is 5.79 Å². The molecule has 0 unspecified atom stereocenters. The molecule has 3 heteroatoms. The topological polar surface area (TPSA) is 78.1 Å². The fourth-order valence-corrected chi connectivity index (χ4v) is 1.60. The third-order valence-corrected chi connectivity index (χ3v) is 2.52. The van der Waals surface area contributed by atoms with E-state index in [1.807, 2.05) is 6.08 Å². The first kappa shape index (κ1) is 14.6. The first-order valence-electron chi connectivity index (χ1n) is 6.04. The highest BCUT2D eigenvalue weighted by Gasteiger charge is 2.09. The summed E-state index contributed by atoms with van der Waals surface area (Å²) in [5.74, 6) is -0.968. The molecule has 0 aliphatic rings. The van der Waals surface area contributed by atoms with Crippen molar-refractivity contribution in [3.05, 3.63) is 12.7 Å². The fraction of sp³-hybridized carbons (Fsp3) is 0.833. The Morgan fingerprint density at radius 2 is 1.27 bits per heavy atom. The quantitative estimate of drug-likeness (QED) is 0.296. The van der Waals surface area contributed by atoms with E-state index in [4.69, 9.17) is 17.2 Å². The molecule has 0 aromatic rings. The largest absolute Gasteiger partial charge is 0.301 e. The van der Waals surface area contributed by atoms with E-state index in [-0.39, 0.29) is 0 Å². The summed E-state index contributed by atoms with van der Waals surface area (Å²) in [6, 6.07) is 0. The molecule has 0 spiro atoms. The molecule has 6 N–H and O–H groups in total. The minimum atomic E-state index is -0.968. The highest BCUT2D eigenvalue weighted by molar-refractivity contribution is 4.67. The number of rotatable bonds is 10. The van der Waals surface area contributed by atoms with Crippen LogP contribution in [0.5, 0.6) is 0 Å². The maximum atomic E-state index is 5.48. The van der Waals surface area contributed by atoms with E-state index in [2.05, 4.69) is 6.58 Å². The molecular weight excluding hydrogens is 186 g/mol. The molecule has 0 saturated carbocycles. The van der Waals surface area contributed by atoms with Gasteiger partial charge in [-0.05, 0) is 25.7 Å². The SMILES string of the molecule is C=CCCCCCCCCCC(N)(N)N. The van der Waals surface area contributed by atoms with Crippen molar-refractivity contribution in [3.8, 4) is 0 Å². The molecule has 0 amide bonds. The molecule has 0 fully saturated rings. The van der Waals surface area contributed by atoms with E-state index >= 15 is 0 Å². The molecule has 0 aliphatic heterocycles. The lowest BCUT2D eigenvalue weighted by molar-refractivity contribution is 0.399. The third-order valence-electron chi connectivity index (χ3n) is 2.52. The van der Waals surface area contributed by atoms with Gasteiger partial charge in [0.05, 0.1) is 0 Å². The van der Waals surface area contributed by atoms with Crippen molar-refractivity contribution in [3.63, 3.8) is 0 Å². The number of nitrogens with two attached hydrogens (primary N) is 3. The molecule has 0 rings (SSSR count). The molecule has 90 valence electrons. The molecule has 0 saturated heterocycles. The summed E-state index contributed by atoms with van der Waals surface area (Å²) >= 11 is 0. The molecular formula is C12H27N3. The van der Waals surface area contributed by atoms with Gasteiger partial charge in [-0.3, -0.25) is 0 Å². The van der Waals surface area contributed by atoms with Crippen LogP contribution in [0.2, 0.25) is 0 Å². The minimum absolute atomic E-state index is 0.712. The molecule has 0 aliphatic carbocycles. The van der Waals surface area contributed by atoms with Crippen LogP contribution in [0.1, 0.15) is 57.8 Å². The lowest BCUT2D eigenvalue weighted by Gasteiger charge is -2.17. The highest BCUT2D eigenvalue weighted by Crippen LogP contribution is 2.10. The molecule has 0 aromatic heterocycles. The Labute approximate surface area is 94.1 Å². The van der Waals surface area contributed by atoms with E-state index in [9.17, 15) is 0 Å². The van der Waals surface area contributed by atoms with Gasteiger partial charge in [-0.2, -0.15) is 0 Å². The van der Waals surface area contributed by atoms with Gasteiger partial charge in [0, 0.05) is 0 Å². The van der Waals surface area contributed by atoms with Crippen LogP contribution in [-0.2, 0) is 0 Å². The van der Waals surface area contributed by atoms with Crippen LogP contribution in [0.3, 0.4) is 0 Å². The number of hydrogen-bond donors (Lipinski definition) is 3. The van der Waals surface area contributed by atoms with Crippen LogP contribution >= 0.6 is 0 Å². The average Bonchev–Trinajstić information content (AvgIpc) is 2.14. The first-order valence-corrected chi connectivity index (χ1v) is 6.04. The maximum Gasteiger partial charge on any atom is 0.115 e. The molecule has 0 heterocycles. The predicted molar refractivity (Wildman–Crippen MR) is 67.0 cm³/mol. The second-order valence-electron chi connectivity index (χ2n) is 4.41. The Kier molecular flexibility index (Phi) is 8.67. The summed E-state index contributed by atoms with van der Waals surface area (Å²) in [6.45, 7) is 3.71. The summed E-state index contributed by atoms with van der Waals surface area (Å²) in [5, 5.41) is 0. The van der Waals surface area contributed by atoms with Crippen LogP contribution < -0.4 is 17.2 Å². The zero-order valence-corrected chi connectivity index (χ0v) is 9.88. The first-order chi connectivity index (χ1) is 7.06. The smallest absolute Gasteiger partial charge is 0.115 e. The Morgan fingerprint density at radius 3 is 1.73 bits per heavy atom. The minimum Gasteiger partial charge on any atom is -0.301 e. The van der Waals surface area contributed by atoms with Crippen molar-refractivity contribution >= 4 is 0 Å². The van der Waals surface area contributed by atoms with Crippen molar-refractivity contribution in [1.82, 2.24) is 0 Å². The summed E-state index contributed by atoms with van der Waals surface area (Å²) < 4.78 is 0. The predicted octanol–water partition coefficient (Wildman–Crippen LogP) is 2.21. The summed E-state index contributed by atoms with van der Waals surface area (Å²) in [7, 11) is 0. The molecule has 15 heavy (non-hydrogen) atoms. The lowest BCUT2D eigenvalue weighted by Crippen LogP contribution is -2.57. The normalized spacial score (nSPS) is 11.7. The van der Waals surface area contributed by atoms with Crippen molar-refractivity contribution in [1.29, 1.82) is 0 Å². The Morgan fingerprint density at radius 1 is 0.800 bits per heavy atom. The molecule has 0 aromatic carbocycles. The maximum absolute atomic E-state index is 5.48. The van der Waals surface area contributed by atoms with Crippen molar-refractivity contribution in [2.24, 2.45) is 17.2 Å². The van der Waals surface area contributed by atoms with Gasteiger partial charge in [-0.1, -0.05) is 38.2 Å². The number of hydrogen-bond acceptors (Lipinski definition) is 3. The second kappa shape index (κ2) is 8.89. The van der Waals surface area contributed by atoms with Crippen LogP contribution in [0.15, 0.2) is 12.7 Å². The molecule has 0 atom stereocenters. The number of allylic oxidation sites excluding steroid dienone is 1. The van der Waals surface area contributed by atoms with Gasteiger partial charge in [0.1, 0.15) is 5.79 Å². The number of unbranched alkanes of at least 4 members (excludes halogenated alkanes) is 7. The van der Waals surface area contributed by atoms with Crippen LogP contribution in [0, 0.1) is 0 Å². The van der Waals surface area contributed by atoms with E-state index in [0.29, 0.717) is 6.42 Å². The van der Waals surface area contributed by atoms with Gasteiger partial charge < -0.3 is 17.2 Å². The van der Waals surface area contributed by atoms with E-state index in [1.54, 1.807) is 0 Å². The molecule has 0 radical (unpaired) electrons. The average molecular weight is 213 g/mol. The Hall–Kier alpha value is -0.380. The van der Waals surface area contributed by atoms with E-state index in [0.717, 1.165) is 12.8 Å². The standard InChI is InChI=1S/C12H27N3/c1-2-3-4-5-6-7-8-9-10-11-12(13,14)15/h2H,1,3-11,13-15H2. The molecule has 0 bridgehead atoms. The summed E-state index contributed by atoms with van der Waals surface area (Å²) in [4.78, 5) is 0. The van der Waals surface area contributed by atoms with Gasteiger partial charge in [0.15, 0.2) is 0 Å².